The smallest absolute Gasteiger partial charge is 0.340 e. The molecule has 0 heterocycles. The molecule has 3 aromatic carbocycles. The van der Waals surface area contributed by atoms with E-state index in [1.807, 2.05) is 6.07 Å². The van der Waals surface area contributed by atoms with Gasteiger partial charge in [-0.1, -0.05) is 35.9 Å². The first-order chi connectivity index (χ1) is 15.5. The molecule has 0 unspecified atom stereocenters. The summed E-state index contributed by atoms with van der Waals surface area (Å²) >= 11 is 6.13. The second kappa shape index (κ2) is 10.5. The lowest BCUT2D eigenvalue weighted by atomic mass is 10.1. The van der Waals surface area contributed by atoms with Crippen molar-refractivity contribution in [3.63, 3.8) is 0 Å². The van der Waals surface area contributed by atoms with Crippen LogP contribution >= 0.6 is 11.6 Å². The number of nitrogens with one attached hydrogen (secondary N) is 1. The summed E-state index contributed by atoms with van der Waals surface area (Å²) in [6.45, 7) is 0.0161. The summed E-state index contributed by atoms with van der Waals surface area (Å²) in [5.74, 6) is 0.174. The first kappa shape index (κ1) is 23.0. The number of esters is 1. The van der Waals surface area contributed by atoms with Crippen LogP contribution in [0.5, 0.6) is 17.2 Å². The Bertz CT molecular complexity index is 1130. The maximum absolute atomic E-state index is 12.9. The van der Waals surface area contributed by atoms with Crippen LogP contribution in [0.25, 0.3) is 0 Å². The molecule has 166 valence electrons. The van der Waals surface area contributed by atoms with Gasteiger partial charge in [0.2, 0.25) is 0 Å². The summed E-state index contributed by atoms with van der Waals surface area (Å²) < 4.78 is 21.3. The standard InChI is InChI=1S/C24H22ClNO6/c1-29-16-8-6-7-15(11-16)14-32-24(28)18-12-21(30-2)22(31-3)13-20(18)26-23(27)17-9-4-5-10-19(17)25/h4-13H,14H2,1-3H3,(H,26,27). The SMILES string of the molecule is COc1cccc(COC(=O)c2cc(OC)c(OC)cc2NC(=O)c2ccccc2Cl)c1. The molecule has 0 bridgehead atoms. The number of halogens is 1. The third-order valence-corrected chi connectivity index (χ3v) is 4.94. The normalized spacial score (nSPS) is 10.2. The van der Waals surface area contributed by atoms with Crippen LogP contribution in [0.1, 0.15) is 26.3 Å². The minimum absolute atomic E-state index is 0.0161. The number of rotatable bonds is 8. The summed E-state index contributed by atoms with van der Waals surface area (Å²) in [5, 5.41) is 3.00. The van der Waals surface area contributed by atoms with Crippen molar-refractivity contribution < 1.29 is 28.5 Å². The van der Waals surface area contributed by atoms with Crippen LogP contribution in [0, 0.1) is 0 Å². The highest BCUT2D eigenvalue weighted by molar-refractivity contribution is 6.34. The summed E-state index contributed by atoms with van der Waals surface area (Å²) in [7, 11) is 4.46. The molecule has 3 rings (SSSR count). The highest BCUT2D eigenvalue weighted by Crippen LogP contribution is 2.34. The molecule has 0 saturated carbocycles. The first-order valence-electron chi connectivity index (χ1n) is 9.58. The quantitative estimate of drug-likeness (QED) is 0.482. The topological polar surface area (TPSA) is 83.1 Å². The monoisotopic (exact) mass is 455 g/mol. The molecule has 0 saturated heterocycles. The second-order valence-electron chi connectivity index (χ2n) is 6.61. The molecule has 3 aromatic rings. The minimum Gasteiger partial charge on any atom is -0.497 e. The van der Waals surface area contributed by atoms with Crippen molar-refractivity contribution in [1.29, 1.82) is 0 Å². The van der Waals surface area contributed by atoms with Crippen molar-refractivity contribution in [2.75, 3.05) is 26.6 Å². The van der Waals surface area contributed by atoms with Crippen molar-refractivity contribution >= 4 is 29.2 Å². The number of anilines is 1. The molecular weight excluding hydrogens is 434 g/mol. The number of methoxy groups -OCH3 is 3. The van der Waals surface area contributed by atoms with E-state index in [-0.39, 0.29) is 28.4 Å². The molecule has 1 amide bonds. The number of carbonyl (C=O) groups is 2. The molecule has 0 atom stereocenters. The number of carbonyl (C=O) groups excluding carboxylic acids is 2. The Morgan fingerprint density at radius 3 is 2.25 bits per heavy atom. The van der Waals surface area contributed by atoms with E-state index in [9.17, 15) is 9.59 Å². The number of benzene rings is 3. The van der Waals surface area contributed by atoms with Crippen LogP contribution in [-0.2, 0) is 11.3 Å². The first-order valence-corrected chi connectivity index (χ1v) is 9.96. The van der Waals surface area contributed by atoms with Gasteiger partial charge in [-0.25, -0.2) is 4.79 Å². The average Bonchev–Trinajstić information content (AvgIpc) is 2.82. The van der Waals surface area contributed by atoms with E-state index >= 15 is 0 Å². The van der Waals surface area contributed by atoms with E-state index in [1.165, 1.54) is 26.4 Å². The van der Waals surface area contributed by atoms with E-state index in [0.717, 1.165) is 5.56 Å². The van der Waals surface area contributed by atoms with E-state index in [4.69, 9.17) is 30.5 Å². The number of hydrogen-bond acceptors (Lipinski definition) is 6. The van der Waals surface area contributed by atoms with Crippen LogP contribution in [-0.4, -0.2) is 33.2 Å². The van der Waals surface area contributed by atoms with Crippen molar-refractivity contribution in [2.45, 2.75) is 6.61 Å². The van der Waals surface area contributed by atoms with Crippen molar-refractivity contribution in [3.8, 4) is 17.2 Å². The van der Waals surface area contributed by atoms with Crippen molar-refractivity contribution in [3.05, 3.63) is 82.4 Å². The van der Waals surface area contributed by atoms with Gasteiger partial charge < -0.3 is 24.3 Å². The molecule has 0 aliphatic carbocycles. The van der Waals surface area contributed by atoms with Gasteiger partial charge in [0, 0.05) is 12.1 Å². The Morgan fingerprint density at radius 1 is 0.844 bits per heavy atom. The predicted molar refractivity (Wildman–Crippen MR) is 121 cm³/mol. The highest BCUT2D eigenvalue weighted by Gasteiger charge is 2.21. The molecule has 0 radical (unpaired) electrons. The molecule has 7 nitrogen and oxygen atoms in total. The largest absolute Gasteiger partial charge is 0.497 e. The number of hydrogen-bond donors (Lipinski definition) is 1. The zero-order valence-corrected chi connectivity index (χ0v) is 18.6. The molecule has 0 aliphatic rings. The Hall–Kier alpha value is -3.71. The third kappa shape index (κ3) is 5.31. The summed E-state index contributed by atoms with van der Waals surface area (Å²) in [6.07, 6.45) is 0. The summed E-state index contributed by atoms with van der Waals surface area (Å²) in [6, 6.07) is 16.7. The van der Waals surface area contributed by atoms with Gasteiger partial charge >= 0.3 is 5.97 Å². The molecule has 0 fully saturated rings. The molecule has 1 N–H and O–H groups in total. The van der Waals surface area contributed by atoms with Gasteiger partial charge in [0.1, 0.15) is 12.4 Å². The molecular formula is C24H22ClNO6. The van der Waals surface area contributed by atoms with E-state index in [2.05, 4.69) is 5.32 Å². The fourth-order valence-electron chi connectivity index (χ4n) is 2.98. The van der Waals surface area contributed by atoms with Crippen LogP contribution < -0.4 is 19.5 Å². The zero-order valence-electron chi connectivity index (χ0n) is 17.8. The lowest BCUT2D eigenvalue weighted by Gasteiger charge is -2.16. The average molecular weight is 456 g/mol. The Kier molecular flexibility index (Phi) is 7.57. The van der Waals surface area contributed by atoms with Gasteiger partial charge in [-0.05, 0) is 29.8 Å². The van der Waals surface area contributed by atoms with E-state index < -0.39 is 11.9 Å². The second-order valence-corrected chi connectivity index (χ2v) is 7.02. The highest BCUT2D eigenvalue weighted by atomic mass is 35.5. The molecule has 0 aliphatic heterocycles. The zero-order chi connectivity index (χ0) is 23.1. The predicted octanol–water partition coefficient (Wildman–Crippen LogP) is 4.98. The molecule has 0 spiro atoms. The lowest BCUT2D eigenvalue weighted by Crippen LogP contribution is -2.17. The maximum Gasteiger partial charge on any atom is 0.340 e. The van der Waals surface area contributed by atoms with Gasteiger partial charge in [0.05, 0.1) is 43.2 Å². The molecule has 8 heteroatoms. The fraction of sp³-hybridized carbons (Fsp3) is 0.167. The maximum atomic E-state index is 12.9. The Labute approximate surface area is 190 Å². The van der Waals surface area contributed by atoms with Crippen molar-refractivity contribution in [2.24, 2.45) is 0 Å². The van der Waals surface area contributed by atoms with Crippen LogP contribution in [0.15, 0.2) is 60.7 Å². The van der Waals surface area contributed by atoms with Gasteiger partial charge in [-0.15, -0.1) is 0 Å². The van der Waals surface area contributed by atoms with E-state index in [1.54, 1.807) is 49.6 Å². The Morgan fingerprint density at radius 2 is 1.56 bits per heavy atom. The lowest BCUT2D eigenvalue weighted by molar-refractivity contribution is 0.0473. The number of ether oxygens (including phenoxy) is 4. The molecule has 0 aromatic heterocycles. The van der Waals surface area contributed by atoms with Crippen LogP contribution in [0.2, 0.25) is 5.02 Å². The Balaban J connectivity index is 1.89. The molecule has 32 heavy (non-hydrogen) atoms. The van der Waals surface area contributed by atoms with Crippen molar-refractivity contribution in [1.82, 2.24) is 0 Å². The van der Waals surface area contributed by atoms with Crippen LogP contribution in [0.3, 0.4) is 0 Å². The van der Waals surface area contributed by atoms with Gasteiger partial charge in [0.25, 0.3) is 5.91 Å². The number of amides is 1. The third-order valence-electron chi connectivity index (χ3n) is 4.61. The van der Waals surface area contributed by atoms with Gasteiger partial charge in [-0.3, -0.25) is 4.79 Å². The van der Waals surface area contributed by atoms with Crippen LogP contribution in [0.4, 0.5) is 5.69 Å². The van der Waals surface area contributed by atoms with Gasteiger partial charge in [-0.2, -0.15) is 0 Å². The summed E-state index contributed by atoms with van der Waals surface area (Å²) in [4.78, 5) is 25.7. The van der Waals surface area contributed by atoms with Gasteiger partial charge in [0.15, 0.2) is 11.5 Å². The summed E-state index contributed by atoms with van der Waals surface area (Å²) in [5.41, 5.74) is 1.31. The fourth-order valence-corrected chi connectivity index (χ4v) is 3.20. The minimum atomic E-state index is -0.650. The van der Waals surface area contributed by atoms with E-state index in [0.29, 0.717) is 17.2 Å².